The number of halogens is 4. The first-order valence-electron chi connectivity index (χ1n) is 7.57. The van der Waals surface area contributed by atoms with Crippen molar-refractivity contribution in [1.82, 2.24) is 4.90 Å². The van der Waals surface area contributed by atoms with E-state index in [1.54, 1.807) is 7.11 Å². The number of hydrogen-bond acceptors (Lipinski definition) is 3. The third-order valence-corrected chi connectivity index (χ3v) is 3.83. The molecule has 1 fully saturated rings. The minimum atomic E-state index is -4.66. The summed E-state index contributed by atoms with van der Waals surface area (Å²) in [4.78, 5) is 14.1. The number of amides is 1. The monoisotopic (exact) mass is 349 g/mol. The van der Waals surface area contributed by atoms with Crippen molar-refractivity contribution in [3.05, 3.63) is 29.8 Å². The standard InChI is InChI=1S/C16H19F4NO3/c1-23-10-11-5-4-8-21(9-11)14(22)12-6-2-3-7-13(12)24-16(19,20)15(17)18/h2-3,6-7,11,15H,4-5,8-10H2,1H3/t11-/m1/s1. The van der Waals surface area contributed by atoms with Crippen LogP contribution < -0.4 is 4.74 Å². The molecule has 1 aromatic carbocycles. The average molecular weight is 349 g/mol. The summed E-state index contributed by atoms with van der Waals surface area (Å²) in [6.45, 7) is 1.39. The van der Waals surface area contributed by atoms with Gasteiger partial charge in [0, 0.05) is 20.2 Å². The van der Waals surface area contributed by atoms with E-state index in [1.807, 2.05) is 0 Å². The molecule has 8 heteroatoms. The smallest absolute Gasteiger partial charge is 0.427 e. The number of hydrogen-bond donors (Lipinski definition) is 0. The van der Waals surface area contributed by atoms with Gasteiger partial charge in [0.1, 0.15) is 5.75 Å². The Morgan fingerprint density at radius 1 is 1.38 bits per heavy atom. The summed E-state index contributed by atoms with van der Waals surface area (Å²) < 4.78 is 60.2. The van der Waals surface area contributed by atoms with Crippen molar-refractivity contribution >= 4 is 5.91 Å². The van der Waals surface area contributed by atoms with Crippen LogP contribution in [0.25, 0.3) is 0 Å². The largest absolute Gasteiger partial charge is 0.461 e. The number of para-hydroxylation sites is 1. The average Bonchev–Trinajstić information content (AvgIpc) is 2.55. The van der Waals surface area contributed by atoms with Gasteiger partial charge in [-0.3, -0.25) is 4.79 Å². The summed E-state index contributed by atoms with van der Waals surface area (Å²) in [6, 6.07) is 5.19. The third kappa shape index (κ3) is 4.37. The van der Waals surface area contributed by atoms with Crippen molar-refractivity contribution in [2.24, 2.45) is 5.92 Å². The number of nitrogens with zero attached hydrogens (tertiary/aromatic N) is 1. The number of alkyl halides is 4. The minimum Gasteiger partial charge on any atom is -0.427 e. The molecule has 0 bridgehead atoms. The van der Waals surface area contributed by atoms with Gasteiger partial charge in [-0.2, -0.15) is 17.6 Å². The van der Waals surface area contributed by atoms with Crippen molar-refractivity contribution in [2.75, 3.05) is 26.8 Å². The highest BCUT2D eigenvalue weighted by Crippen LogP contribution is 2.31. The van der Waals surface area contributed by atoms with E-state index in [-0.39, 0.29) is 11.5 Å². The number of carbonyl (C=O) groups is 1. The maximum Gasteiger partial charge on any atom is 0.461 e. The Kier molecular flexibility index (Phi) is 6.04. The van der Waals surface area contributed by atoms with Gasteiger partial charge in [-0.15, -0.1) is 0 Å². The molecule has 134 valence electrons. The molecule has 0 spiro atoms. The predicted octanol–water partition coefficient (Wildman–Crippen LogP) is 3.42. The number of piperidine rings is 1. The zero-order valence-electron chi connectivity index (χ0n) is 13.2. The zero-order valence-corrected chi connectivity index (χ0v) is 13.2. The lowest BCUT2D eigenvalue weighted by molar-refractivity contribution is -0.253. The van der Waals surface area contributed by atoms with E-state index in [2.05, 4.69) is 4.74 Å². The highest BCUT2D eigenvalue weighted by atomic mass is 19.3. The van der Waals surface area contributed by atoms with Crippen LogP contribution in [0.3, 0.4) is 0 Å². The van der Waals surface area contributed by atoms with Crippen LogP contribution in [0.5, 0.6) is 5.75 Å². The molecule has 1 amide bonds. The molecule has 0 unspecified atom stereocenters. The summed E-state index contributed by atoms with van der Waals surface area (Å²) in [5, 5.41) is 0. The Morgan fingerprint density at radius 3 is 2.75 bits per heavy atom. The summed E-state index contributed by atoms with van der Waals surface area (Å²) in [7, 11) is 1.57. The molecule has 1 atom stereocenters. The number of likely N-dealkylation sites (tertiary alicyclic amines) is 1. The number of ether oxygens (including phenoxy) is 2. The molecule has 4 nitrogen and oxygen atoms in total. The molecular formula is C16H19F4NO3. The molecular weight excluding hydrogens is 330 g/mol. The zero-order chi connectivity index (χ0) is 17.7. The van der Waals surface area contributed by atoms with Gasteiger partial charge in [-0.25, -0.2) is 0 Å². The lowest BCUT2D eigenvalue weighted by atomic mass is 9.98. The van der Waals surface area contributed by atoms with Gasteiger partial charge in [0.25, 0.3) is 5.91 Å². The van der Waals surface area contributed by atoms with Gasteiger partial charge in [-0.05, 0) is 30.9 Å². The number of benzene rings is 1. The van der Waals surface area contributed by atoms with E-state index in [9.17, 15) is 22.4 Å². The van der Waals surface area contributed by atoms with E-state index in [0.717, 1.165) is 18.9 Å². The molecule has 1 aromatic rings. The summed E-state index contributed by atoms with van der Waals surface area (Å²) in [5.74, 6) is -0.915. The summed E-state index contributed by atoms with van der Waals surface area (Å²) in [6.07, 6.45) is -6.98. The second kappa shape index (κ2) is 7.83. The fraction of sp³-hybridized carbons (Fsp3) is 0.562. The molecule has 0 saturated carbocycles. The van der Waals surface area contributed by atoms with E-state index < -0.39 is 24.2 Å². The Hall–Kier alpha value is -1.83. The van der Waals surface area contributed by atoms with Gasteiger partial charge in [-0.1, -0.05) is 12.1 Å². The third-order valence-electron chi connectivity index (χ3n) is 3.83. The fourth-order valence-electron chi connectivity index (χ4n) is 2.72. The Labute approximate surface area is 137 Å². The molecule has 0 aromatic heterocycles. The van der Waals surface area contributed by atoms with E-state index >= 15 is 0 Å². The van der Waals surface area contributed by atoms with Crippen LogP contribution in [0.1, 0.15) is 23.2 Å². The Morgan fingerprint density at radius 2 is 2.08 bits per heavy atom. The maximum absolute atomic E-state index is 13.2. The molecule has 0 aliphatic carbocycles. The Bertz CT molecular complexity index is 566. The molecule has 1 saturated heterocycles. The Balaban J connectivity index is 2.18. The fourth-order valence-corrected chi connectivity index (χ4v) is 2.72. The molecule has 1 aliphatic rings. The summed E-state index contributed by atoms with van der Waals surface area (Å²) in [5.41, 5.74) is -0.157. The van der Waals surface area contributed by atoms with Crippen LogP contribution >= 0.6 is 0 Å². The van der Waals surface area contributed by atoms with Gasteiger partial charge < -0.3 is 14.4 Å². The van der Waals surface area contributed by atoms with Gasteiger partial charge >= 0.3 is 12.5 Å². The molecule has 24 heavy (non-hydrogen) atoms. The number of carbonyl (C=O) groups excluding carboxylic acids is 1. The van der Waals surface area contributed by atoms with Crippen LogP contribution in [-0.4, -0.2) is 50.1 Å². The van der Waals surface area contributed by atoms with Gasteiger partial charge in [0.05, 0.1) is 12.2 Å². The topological polar surface area (TPSA) is 38.8 Å². The molecule has 2 rings (SSSR count). The van der Waals surface area contributed by atoms with E-state index in [1.165, 1.54) is 23.1 Å². The molecule has 0 radical (unpaired) electrons. The van der Waals surface area contributed by atoms with Crippen LogP contribution in [0.15, 0.2) is 24.3 Å². The highest BCUT2D eigenvalue weighted by Gasteiger charge is 2.44. The van der Waals surface area contributed by atoms with Crippen LogP contribution in [0.4, 0.5) is 17.6 Å². The maximum atomic E-state index is 13.2. The summed E-state index contributed by atoms with van der Waals surface area (Å²) >= 11 is 0. The van der Waals surface area contributed by atoms with Crippen LogP contribution in [0, 0.1) is 5.92 Å². The van der Waals surface area contributed by atoms with Crippen molar-refractivity contribution in [1.29, 1.82) is 0 Å². The van der Waals surface area contributed by atoms with Crippen LogP contribution in [-0.2, 0) is 4.74 Å². The second-order valence-electron chi connectivity index (χ2n) is 5.68. The van der Waals surface area contributed by atoms with Gasteiger partial charge in [0.15, 0.2) is 0 Å². The first-order valence-corrected chi connectivity index (χ1v) is 7.57. The molecule has 1 heterocycles. The minimum absolute atomic E-state index is 0.156. The van der Waals surface area contributed by atoms with Gasteiger partial charge in [0.2, 0.25) is 0 Å². The lowest BCUT2D eigenvalue weighted by Crippen LogP contribution is -2.41. The van der Waals surface area contributed by atoms with Crippen LogP contribution in [0.2, 0.25) is 0 Å². The highest BCUT2D eigenvalue weighted by molar-refractivity contribution is 5.97. The number of rotatable bonds is 6. The molecule has 1 aliphatic heterocycles. The molecule has 0 N–H and O–H groups in total. The quantitative estimate of drug-likeness (QED) is 0.739. The lowest BCUT2D eigenvalue weighted by Gasteiger charge is -2.33. The van der Waals surface area contributed by atoms with E-state index in [4.69, 9.17) is 4.74 Å². The van der Waals surface area contributed by atoms with Crippen molar-refractivity contribution in [2.45, 2.75) is 25.4 Å². The van der Waals surface area contributed by atoms with Crippen molar-refractivity contribution in [3.63, 3.8) is 0 Å². The van der Waals surface area contributed by atoms with E-state index in [0.29, 0.717) is 19.7 Å². The first kappa shape index (κ1) is 18.5. The number of methoxy groups -OCH3 is 1. The first-order chi connectivity index (χ1) is 11.3. The van der Waals surface area contributed by atoms with Crippen molar-refractivity contribution in [3.8, 4) is 5.75 Å². The SMILES string of the molecule is COC[C@@H]1CCCN(C(=O)c2ccccc2OC(F)(F)C(F)F)C1. The van der Waals surface area contributed by atoms with Crippen molar-refractivity contribution < 1.29 is 31.8 Å². The normalized spacial score (nSPS) is 18.8. The predicted molar refractivity (Wildman–Crippen MR) is 78.5 cm³/mol. The second-order valence-corrected chi connectivity index (χ2v) is 5.68.